The van der Waals surface area contributed by atoms with Gasteiger partial charge >= 0.3 is 0 Å². The molecule has 0 aromatic carbocycles. The van der Waals surface area contributed by atoms with Gasteiger partial charge in [0, 0.05) is 17.8 Å². The molecule has 4 heteroatoms. The van der Waals surface area contributed by atoms with Crippen molar-refractivity contribution in [3.05, 3.63) is 27.8 Å². The van der Waals surface area contributed by atoms with E-state index in [-0.39, 0.29) is 0 Å². The molecule has 0 N–H and O–H groups in total. The lowest BCUT2D eigenvalue weighted by Gasteiger charge is -1.88. The van der Waals surface area contributed by atoms with E-state index in [1.807, 2.05) is 6.07 Å². The second kappa shape index (κ2) is 2.85. The summed E-state index contributed by atoms with van der Waals surface area (Å²) in [7, 11) is 0. The van der Waals surface area contributed by atoms with E-state index in [4.69, 9.17) is 5.26 Å². The van der Waals surface area contributed by atoms with Crippen molar-refractivity contribution in [2.24, 2.45) is 0 Å². The Kier molecular flexibility index (Phi) is 1.83. The van der Waals surface area contributed by atoms with Crippen LogP contribution in [0.25, 0.3) is 10.1 Å². The van der Waals surface area contributed by atoms with Crippen LogP contribution >= 0.6 is 27.3 Å². The topological polar surface area (TPSA) is 36.7 Å². The highest BCUT2D eigenvalue weighted by molar-refractivity contribution is 9.11. The molecule has 0 aliphatic rings. The Hall–Kier alpha value is -0.920. The largest absolute Gasteiger partial charge is 0.263 e. The number of hydrogen-bond acceptors (Lipinski definition) is 3. The van der Waals surface area contributed by atoms with E-state index < -0.39 is 0 Å². The average Bonchev–Trinajstić information content (AvgIpc) is 2.44. The third-order valence-corrected chi connectivity index (χ3v) is 3.20. The van der Waals surface area contributed by atoms with Crippen molar-refractivity contribution >= 4 is 37.4 Å². The first-order valence-electron chi connectivity index (χ1n) is 3.24. The molecule has 0 saturated heterocycles. The van der Waals surface area contributed by atoms with Gasteiger partial charge < -0.3 is 0 Å². The summed E-state index contributed by atoms with van der Waals surface area (Å²) in [6.45, 7) is 0. The number of aromatic nitrogens is 1. The molecule has 0 radical (unpaired) electrons. The summed E-state index contributed by atoms with van der Waals surface area (Å²) in [6, 6.07) is 4.08. The van der Waals surface area contributed by atoms with Crippen molar-refractivity contribution in [3.63, 3.8) is 0 Å². The Bertz CT molecular complexity index is 469. The van der Waals surface area contributed by atoms with Crippen molar-refractivity contribution in [1.82, 2.24) is 4.98 Å². The molecule has 0 atom stereocenters. The Balaban J connectivity index is 2.89. The van der Waals surface area contributed by atoms with E-state index in [0.717, 1.165) is 13.9 Å². The van der Waals surface area contributed by atoms with Crippen LogP contribution in [-0.4, -0.2) is 4.98 Å². The lowest BCUT2D eigenvalue weighted by atomic mass is 10.2. The fourth-order valence-electron chi connectivity index (χ4n) is 1.01. The third kappa shape index (κ3) is 1.11. The van der Waals surface area contributed by atoms with E-state index in [0.29, 0.717) is 5.56 Å². The molecule has 0 unspecified atom stereocenters. The minimum absolute atomic E-state index is 0.642. The SMILES string of the molecule is N#Cc1cncc2cc(Br)sc12. The van der Waals surface area contributed by atoms with Crippen LogP contribution in [0.5, 0.6) is 0 Å². The van der Waals surface area contributed by atoms with Crippen molar-refractivity contribution in [1.29, 1.82) is 5.26 Å². The van der Waals surface area contributed by atoms with Crippen LogP contribution in [-0.2, 0) is 0 Å². The van der Waals surface area contributed by atoms with Crippen molar-refractivity contribution in [2.45, 2.75) is 0 Å². The predicted octanol–water partition coefficient (Wildman–Crippen LogP) is 2.93. The lowest BCUT2D eigenvalue weighted by molar-refractivity contribution is 1.34. The Morgan fingerprint density at radius 2 is 2.33 bits per heavy atom. The van der Waals surface area contributed by atoms with E-state index >= 15 is 0 Å². The third-order valence-electron chi connectivity index (χ3n) is 1.51. The molecule has 58 valence electrons. The van der Waals surface area contributed by atoms with E-state index in [9.17, 15) is 0 Å². The van der Waals surface area contributed by atoms with Gasteiger partial charge in [0.25, 0.3) is 0 Å². The van der Waals surface area contributed by atoms with E-state index in [1.165, 1.54) is 0 Å². The second-order valence-corrected chi connectivity index (χ2v) is 4.70. The summed E-state index contributed by atoms with van der Waals surface area (Å²) in [5.41, 5.74) is 0.642. The fourth-order valence-corrected chi connectivity index (χ4v) is 2.56. The quantitative estimate of drug-likeness (QED) is 0.708. The number of nitrogens with zero attached hydrogens (tertiary/aromatic N) is 2. The summed E-state index contributed by atoms with van der Waals surface area (Å²) in [5.74, 6) is 0. The molecular weight excluding hydrogens is 236 g/mol. The molecular formula is C8H3BrN2S. The number of pyridine rings is 1. The van der Waals surface area contributed by atoms with Crippen LogP contribution in [0.3, 0.4) is 0 Å². The van der Waals surface area contributed by atoms with Crippen molar-refractivity contribution < 1.29 is 0 Å². The molecule has 2 rings (SSSR count). The molecule has 0 saturated carbocycles. The highest BCUT2D eigenvalue weighted by Crippen LogP contribution is 2.30. The van der Waals surface area contributed by atoms with Crippen molar-refractivity contribution in [2.75, 3.05) is 0 Å². The predicted molar refractivity (Wildman–Crippen MR) is 52.0 cm³/mol. The summed E-state index contributed by atoms with van der Waals surface area (Å²) in [4.78, 5) is 3.96. The van der Waals surface area contributed by atoms with Gasteiger partial charge in [0.1, 0.15) is 6.07 Å². The maximum Gasteiger partial charge on any atom is 0.102 e. The Labute approximate surface area is 81.6 Å². The highest BCUT2D eigenvalue weighted by Gasteiger charge is 2.03. The van der Waals surface area contributed by atoms with Gasteiger partial charge in [-0.3, -0.25) is 4.98 Å². The maximum absolute atomic E-state index is 8.75. The molecule has 2 aromatic heterocycles. The number of fused-ring (bicyclic) bond motifs is 1. The zero-order chi connectivity index (χ0) is 8.55. The van der Waals surface area contributed by atoms with Crippen LogP contribution in [0, 0.1) is 11.3 Å². The number of thiophene rings is 1. The molecule has 0 spiro atoms. The fraction of sp³-hybridized carbons (Fsp3) is 0. The number of nitriles is 1. The minimum Gasteiger partial charge on any atom is -0.263 e. The van der Waals surface area contributed by atoms with E-state index in [1.54, 1.807) is 23.7 Å². The number of halogens is 1. The molecule has 0 amide bonds. The molecule has 2 aromatic rings. The van der Waals surface area contributed by atoms with Crippen LogP contribution < -0.4 is 0 Å². The molecule has 0 aliphatic heterocycles. The van der Waals surface area contributed by atoms with Gasteiger partial charge in [0.2, 0.25) is 0 Å². The average molecular weight is 239 g/mol. The molecule has 12 heavy (non-hydrogen) atoms. The first-order valence-corrected chi connectivity index (χ1v) is 4.85. The van der Waals surface area contributed by atoms with Gasteiger partial charge in [0.15, 0.2) is 0 Å². The molecule has 2 heterocycles. The van der Waals surface area contributed by atoms with Crippen molar-refractivity contribution in [3.8, 4) is 6.07 Å². The van der Waals surface area contributed by atoms with Crippen LogP contribution in [0.1, 0.15) is 5.56 Å². The van der Waals surface area contributed by atoms with Gasteiger partial charge in [-0.2, -0.15) is 5.26 Å². The number of hydrogen-bond donors (Lipinski definition) is 0. The highest BCUT2D eigenvalue weighted by atomic mass is 79.9. The summed E-state index contributed by atoms with van der Waals surface area (Å²) in [6.07, 6.45) is 3.35. The zero-order valence-electron chi connectivity index (χ0n) is 5.91. The minimum atomic E-state index is 0.642. The molecule has 0 fully saturated rings. The lowest BCUT2D eigenvalue weighted by Crippen LogP contribution is -1.75. The Morgan fingerprint density at radius 3 is 3.08 bits per heavy atom. The molecule has 0 aliphatic carbocycles. The summed E-state index contributed by atoms with van der Waals surface area (Å²) >= 11 is 4.93. The van der Waals surface area contributed by atoms with Gasteiger partial charge in [0.05, 0.1) is 14.0 Å². The molecule has 0 bridgehead atoms. The van der Waals surface area contributed by atoms with Gasteiger partial charge in [-0.05, 0) is 22.0 Å². The van der Waals surface area contributed by atoms with E-state index in [2.05, 4.69) is 27.0 Å². The summed E-state index contributed by atoms with van der Waals surface area (Å²) < 4.78 is 2.03. The molecule has 2 nitrogen and oxygen atoms in total. The first kappa shape index (κ1) is 7.71. The second-order valence-electron chi connectivity index (χ2n) is 2.27. The van der Waals surface area contributed by atoms with Crippen LogP contribution in [0.4, 0.5) is 0 Å². The van der Waals surface area contributed by atoms with Crippen LogP contribution in [0.2, 0.25) is 0 Å². The standard InChI is InChI=1S/C8H3BrN2S/c9-7-1-5-3-11-4-6(2-10)8(5)12-7/h1,3-4H. The van der Waals surface area contributed by atoms with Gasteiger partial charge in [-0.1, -0.05) is 0 Å². The Morgan fingerprint density at radius 1 is 1.50 bits per heavy atom. The normalized spacial score (nSPS) is 10.0. The smallest absolute Gasteiger partial charge is 0.102 e. The zero-order valence-corrected chi connectivity index (χ0v) is 8.32. The van der Waals surface area contributed by atoms with Crippen LogP contribution in [0.15, 0.2) is 22.2 Å². The van der Waals surface area contributed by atoms with Gasteiger partial charge in [-0.15, -0.1) is 11.3 Å². The first-order chi connectivity index (χ1) is 5.81. The van der Waals surface area contributed by atoms with Gasteiger partial charge in [-0.25, -0.2) is 0 Å². The maximum atomic E-state index is 8.75. The monoisotopic (exact) mass is 238 g/mol. The number of rotatable bonds is 0. The summed E-state index contributed by atoms with van der Waals surface area (Å²) in [5, 5.41) is 9.77.